The fourth-order valence-electron chi connectivity index (χ4n) is 2.85. The summed E-state index contributed by atoms with van der Waals surface area (Å²) < 4.78 is 27.9. The topological polar surface area (TPSA) is 72.2 Å². The molecule has 0 saturated heterocycles. The van der Waals surface area contributed by atoms with Crippen molar-refractivity contribution in [3.05, 3.63) is 29.3 Å². The van der Waals surface area contributed by atoms with Gasteiger partial charge in [-0.25, -0.2) is 13.1 Å². The van der Waals surface area contributed by atoms with Gasteiger partial charge >= 0.3 is 0 Å². The Kier molecular flexibility index (Phi) is 4.83. The molecule has 20 heavy (non-hydrogen) atoms. The van der Waals surface area contributed by atoms with E-state index in [9.17, 15) is 8.42 Å². The van der Waals surface area contributed by atoms with E-state index in [1.54, 1.807) is 6.07 Å². The lowest BCUT2D eigenvalue weighted by atomic mass is 10.1. The largest absolute Gasteiger partial charge is 0.326 e. The minimum atomic E-state index is -3.49. The normalized spacial score (nSPS) is 24.4. The Morgan fingerprint density at radius 3 is 2.55 bits per heavy atom. The van der Waals surface area contributed by atoms with E-state index in [1.165, 1.54) is 0 Å². The zero-order valence-corrected chi connectivity index (χ0v) is 13.0. The Bertz CT molecular complexity index is 569. The van der Waals surface area contributed by atoms with Gasteiger partial charge in [-0.2, -0.15) is 0 Å². The van der Waals surface area contributed by atoms with Crippen LogP contribution in [-0.4, -0.2) is 20.5 Å². The summed E-state index contributed by atoms with van der Waals surface area (Å²) >= 11 is 0. The molecule has 0 spiro atoms. The third-order valence-electron chi connectivity index (χ3n) is 4.00. The minimum Gasteiger partial charge on any atom is -0.326 e. The van der Waals surface area contributed by atoms with Gasteiger partial charge in [0.05, 0.1) is 4.90 Å². The lowest BCUT2D eigenvalue weighted by Gasteiger charge is -2.23. The highest BCUT2D eigenvalue weighted by Crippen LogP contribution is 2.21. The van der Waals surface area contributed by atoms with Crippen molar-refractivity contribution in [2.24, 2.45) is 5.73 Å². The molecule has 0 bridgehead atoms. The number of hydrogen-bond donors (Lipinski definition) is 2. The van der Waals surface area contributed by atoms with Crippen LogP contribution in [0.4, 0.5) is 0 Å². The first-order valence-electron chi connectivity index (χ1n) is 7.25. The van der Waals surface area contributed by atoms with Crippen molar-refractivity contribution in [1.82, 2.24) is 4.72 Å². The van der Waals surface area contributed by atoms with Gasteiger partial charge in [-0.3, -0.25) is 0 Å². The molecule has 2 atom stereocenters. The third kappa shape index (κ3) is 3.59. The van der Waals surface area contributed by atoms with Crippen molar-refractivity contribution in [3.63, 3.8) is 0 Å². The van der Waals surface area contributed by atoms with Crippen LogP contribution < -0.4 is 10.5 Å². The molecule has 1 saturated carbocycles. The highest BCUT2D eigenvalue weighted by atomic mass is 32.2. The second-order valence-electron chi connectivity index (χ2n) is 5.80. The van der Waals surface area contributed by atoms with Crippen LogP contribution >= 0.6 is 0 Å². The van der Waals surface area contributed by atoms with E-state index in [0.717, 1.165) is 43.2 Å². The van der Waals surface area contributed by atoms with Gasteiger partial charge in [0.25, 0.3) is 0 Å². The first kappa shape index (κ1) is 15.5. The summed E-state index contributed by atoms with van der Waals surface area (Å²) in [7, 11) is -3.49. The van der Waals surface area contributed by atoms with E-state index in [0.29, 0.717) is 4.90 Å². The lowest BCUT2D eigenvalue weighted by molar-refractivity contribution is 0.456. The highest BCUT2D eigenvalue weighted by Gasteiger charge is 2.26. The second-order valence-corrected chi connectivity index (χ2v) is 7.48. The van der Waals surface area contributed by atoms with E-state index >= 15 is 0 Å². The van der Waals surface area contributed by atoms with Crippen LogP contribution in [0, 0.1) is 13.8 Å². The predicted octanol–water partition coefficient (Wildman–Crippen LogP) is 2.24. The fourth-order valence-corrected chi connectivity index (χ4v) is 4.39. The molecule has 1 aliphatic carbocycles. The summed E-state index contributed by atoms with van der Waals surface area (Å²) in [6.07, 6.45) is 4.97. The number of nitrogens with two attached hydrogens (primary N) is 1. The standard InChI is InChI=1S/C15H24N2O2S/c1-11-8-9-15(12(2)10-11)20(18,19)17-14-7-5-3-4-6-13(14)16/h8-10,13-14,17H,3-7,16H2,1-2H3. The van der Waals surface area contributed by atoms with Crippen LogP contribution in [0.5, 0.6) is 0 Å². The predicted molar refractivity (Wildman–Crippen MR) is 81.1 cm³/mol. The van der Waals surface area contributed by atoms with Crippen LogP contribution in [0.15, 0.2) is 23.1 Å². The Balaban J connectivity index is 2.21. The quantitative estimate of drug-likeness (QED) is 0.840. The van der Waals surface area contributed by atoms with Gasteiger partial charge in [-0.05, 0) is 38.3 Å². The molecular weight excluding hydrogens is 272 g/mol. The molecule has 0 heterocycles. The van der Waals surface area contributed by atoms with Gasteiger partial charge in [0.2, 0.25) is 10.0 Å². The first-order valence-corrected chi connectivity index (χ1v) is 8.73. The Hall–Kier alpha value is -0.910. The summed E-state index contributed by atoms with van der Waals surface area (Å²) in [6, 6.07) is 5.16. The van der Waals surface area contributed by atoms with Gasteiger partial charge in [-0.15, -0.1) is 0 Å². The molecule has 4 nitrogen and oxygen atoms in total. The molecule has 0 aromatic heterocycles. The van der Waals surface area contributed by atoms with Crippen LogP contribution in [0.3, 0.4) is 0 Å². The average Bonchev–Trinajstić information content (AvgIpc) is 2.54. The van der Waals surface area contributed by atoms with Gasteiger partial charge in [0.15, 0.2) is 0 Å². The monoisotopic (exact) mass is 296 g/mol. The molecule has 0 aliphatic heterocycles. The highest BCUT2D eigenvalue weighted by molar-refractivity contribution is 7.89. The first-order chi connectivity index (χ1) is 9.40. The summed E-state index contributed by atoms with van der Waals surface area (Å²) in [5.41, 5.74) is 7.94. The average molecular weight is 296 g/mol. The molecule has 3 N–H and O–H groups in total. The lowest BCUT2D eigenvalue weighted by Crippen LogP contribution is -2.46. The molecule has 1 fully saturated rings. The number of benzene rings is 1. The van der Waals surface area contributed by atoms with Crippen molar-refractivity contribution >= 4 is 10.0 Å². The second kappa shape index (κ2) is 6.24. The molecule has 1 aliphatic rings. The molecule has 1 aromatic carbocycles. The molecule has 1 aromatic rings. The van der Waals surface area contributed by atoms with Crippen LogP contribution in [0.25, 0.3) is 0 Å². The van der Waals surface area contributed by atoms with Gasteiger partial charge < -0.3 is 5.73 Å². The van der Waals surface area contributed by atoms with E-state index in [2.05, 4.69) is 4.72 Å². The Morgan fingerprint density at radius 1 is 1.15 bits per heavy atom. The minimum absolute atomic E-state index is 0.0852. The van der Waals surface area contributed by atoms with Crippen LogP contribution in [0.1, 0.15) is 43.2 Å². The number of sulfonamides is 1. The molecule has 112 valence electrons. The van der Waals surface area contributed by atoms with E-state index in [-0.39, 0.29) is 12.1 Å². The molecule has 0 radical (unpaired) electrons. The Morgan fingerprint density at radius 2 is 1.85 bits per heavy atom. The number of nitrogens with one attached hydrogen (secondary N) is 1. The maximum atomic E-state index is 12.5. The maximum absolute atomic E-state index is 12.5. The van der Waals surface area contributed by atoms with E-state index in [4.69, 9.17) is 5.73 Å². The van der Waals surface area contributed by atoms with E-state index in [1.807, 2.05) is 26.0 Å². The number of rotatable bonds is 3. The van der Waals surface area contributed by atoms with Crippen molar-refractivity contribution in [3.8, 4) is 0 Å². The fraction of sp³-hybridized carbons (Fsp3) is 0.600. The van der Waals surface area contributed by atoms with Crippen LogP contribution in [0.2, 0.25) is 0 Å². The zero-order valence-electron chi connectivity index (χ0n) is 12.2. The number of hydrogen-bond acceptors (Lipinski definition) is 3. The smallest absolute Gasteiger partial charge is 0.241 e. The van der Waals surface area contributed by atoms with Gasteiger partial charge in [-0.1, -0.05) is 37.0 Å². The molecule has 0 amide bonds. The van der Waals surface area contributed by atoms with E-state index < -0.39 is 10.0 Å². The Labute approximate surface area is 121 Å². The third-order valence-corrected chi connectivity index (χ3v) is 5.65. The molecule has 2 unspecified atom stereocenters. The zero-order chi connectivity index (χ0) is 14.8. The van der Waals surface area contributed by atoms with Crippen LogP contribution in [-0.2, 0) is 10.0 Å². The SMILES string of the molecule is Cc1ccc(S(=O)(=O)NC2CCCCCC2N)c(C)c1. The van der Waals surface area contributed by atoms with Gasteiger partial charge in [0, 0.05) is 12.1 Å². The van der Waals surface area contributed by atoms with Crippen molar-refractivity contribution in [2.75, 3.05) is 0 Å². The summed E-state index contributed by atoms with van der Waals surface area (Å²) in [4.78, 5) is 0.361. The summed E-state index contributed by atoms with van der Waals surface area (Å²) in [6.45, 7) is 3.78. The summed E-state index contributed by atoms with van der Waals surface area (Å²) in [5, 5.41) is 0. The number of aryl methyl sites for hydroxylation is 2. The molecule has 2 rings (SSSR count). The summed E-state index contributed by atoms with van der Waals surface area (Å²) in [5.74, 6) is 0. The van der Waals surface area contributed by atoms with Crippen molar-refractivity contribution in [2.45, 2.75) is 62.9 Å². The molecular formula is C15H24N2O2S. The van der Waals surface area contributed by atoms with Crippen molar-refractivity contribution < 1.29 is 8.42 Å². The molecule has 5 heteroatoms. The van der Waals surface area contributed by atoms with Gasteiger partial charge in [0.1, 0.15) is 0 Å². The maximum Gasteiger partial charge on any atom is 0.241 e. The van der Waals surface area contributed by atoms with Crippen molar-refractivity contribution in [1.29, 1.82) is 0 Å².